The van der Waals surface area contributed by atoms with Gasteiger partial charge in [-0.25, -0.2) is 19.3 Å². The minimum absolute atomic E-state index is 0.137. The molecule has 0 bridgehead atoms. The van der Waals surface area contributed by atoms with Gasteiger partial charge in [0.2, 0.25) is 5.95 Å². The molecule has 9 heteroatoms. The van der Waals surface area contributed by atoms with E-state index in [-0.39, 0.29) is 12.6 Å². The molecule has 5 aromatic rings. The fourth-order valence-corrected chi connectivity index (χ4v) is 3.43. The predicted molar refractivity (Wildman–Crippen MR) is 118 cm³/mol. The molecular weight excluding hydrogens is 413 g/mol. The molecule has 0 unspecified atom stereocenters. The van der Waals surface area contributed by atoms with Crippen LogP contribution in [-0.4, -0.2) is 26.3 Å². The number of ether oxygens (including phenoxy) is 1. The zero-order chi connectivity index (χ0) is 22.1. The van der Waals surface area contributed by atoms with Gasteiger partial charge in [-0.3, -0.25) is 10.1 Å². The largest absolute Gasteiger partial charge is 0.444 e. The summed E-state index contributed by atoms with van der Waals surface area (Å²) in [4.78, 5) is 31.5. The number of hydrogen-bond donors (Lipinski definition) is 3. The van der Waals surface area contributed by atoms with E-state index in [4.69, 9.17) is 4.74 Å². The number of rotatable bonds is 4. The fourth-order valence-electron chi connectivity index (χ4n) is 3.43. The molecule has 0 atom stereocenters. The van der Waals surface area contributed by atoms with Crippen molar-refractivity contribution in [2.24, 2.45) is 0 Å². The van der Waals surface area contributed by atoms with Gasteiger partial charge in [-0.1, -0.05) is 36.4 Å². The average molecular weight is 429 g/mol. The molecule has 158 valence electrons. The van der Waals surface area contributed by atoms with Gasteiger partial charge in [0.15, 0.2) is 0 Å². The molecule has 8 nitrogen and oxygen atoms in total. The number of anilines is 1. The summed E-state index contributed by atoms with van der Waals surface area (Å²) in [6, 6.07) is 18.5. The first kappa shape index (κ1) is 19.4. The van der Waals surface area contributed by atoms with Crippen molar-refractivity contribution in [2.75, 3.05) is 5.32 Å². The van der Waals surface area contributed by atoms with Gasteiger partial charge >= 0.3 is 6.09 Å². The zero-order valence-electron chi connectivity index (χ0n) is 16.6. The van der Waals surface area contributed by atoms with E-state index in [1.165, 1.54) is 18.2 Å². The second-order valence-corrected chi connectivity index (χ2v) is 7.10. The molecule has 5 rings (SSSR count). The van der Waals surface area contributed by atoms with Crippen LogP contribution in [0.4, 0.5) is 15.1 Å². The standard InChI is InChI=1S/C23H16FN5O3/c24-15-7-8-16-17(11-15)20(28-29-21(16)30)14-6-9-18-19(10-14)26-22(25-18)27-23(31)32-12-13-4-2-1-3-5-13/h1-11H,12H2,(H,29,30)(H2,25,26,27,31). The van der Waals surface area contributed by atoms with Crippen molar-refractivity contribution in [2.45, 2.75) is 6.61 Å². The van der Waals surface area contributed by atoms with Gasteiger partial charge in [-0.15, -0.1) is 0 Å². The second-order valence-electron chi connectivity index (χ2n) is 7.10. The molecule has 0 fully saturated rings. The van der Waals surface area contributed by atoms with Crippen LogP contribution in [0.15, 0.2) is 71.5 Å². The molecule has 0 spiro atoms. The molecule has 2 aromatic heterocycles. The third kappa shape index (κ3) is 3.79. The van der Waals surface area contributed by atoms with Crippen LogP contribution < -0.4 is 10.9 Å². The lowest BCUT2D eigenvalue weighted by atomic mass is 10.0. The molecule has 0 radical (unpaired) electrons. The Labute approximate surface area is 180 Å². The van der Waals surface area contributed by atoms with Crippen LogP contribution in [0.2, 0.25) is 0 Å². The lowest BCUT2D eigenvalue weighted by Crippen LogP contribution is -2.14. The number of hydrogen-bond acceptors (Lipinski definition) is 5. The summed E-state index contributed by atoms with van der Waals surface area (Å²) in [7, 11) is 0. The lowest BCUT2D eigenvalue weighted by molar-refractivity contribution is 0.155. The zero-order valence-corrected chi connectivity index (χ0v) is 16.6. The molecule has 32 heavy (non-hydrogen) atoms. The number of halogens is 1. The minimum Gasteiger partial charge on any atom is -0.444 e. The van der Waals surface area contributed by atoms with Crippen molar-refractivity contribution in [3.63, 3.8) is 0 Å². The number of fused-ring (bicyclic) bond motifs is 2. The number of amides is 1. The molecule has 0 aliphatic heterocycles. The number of H-pyrrole nitrogens is 2. The van der Waals surface area contributed by atoms with Gasteiger partial charge < -0.3 is 9.72 Å². The summed E-state index contributed by atoms with van der Waals surface area (Å²) in [5.74, 6) is -0.241. The third-order valence-corrected chi connectivity index (χ3v) is 4.94. The molecule has 0 aliphatic rings. The van der Waals surface area contributed by atoms with Crippen molar-refractivity contribution < 1.29 is 13.9 Å². The first-order chi connectivity index (χ1) is 15.6. The number of benzene rings is 3. The molecule has 3 aromatic carbocycles. The Kier molecular flexibility index (Phi) is 4.83. The maximum absolute atomic E-state index is 13.8. The number of aromatic amines is 2. The van der Waals surface area contributed by atoms with Crippen molar-refractivity contribution in [1.82, 2.24) is 20.2 Å². The number of carbonyl (C=O) groups is 1. The first-order valence-electron chi connectivity index (χ1n) is 9.72. The van der Waals surface area contributed by atoms with E-state index in [1.807, 2.05) is 30.3 Å². The molecule has 0 aliphatic carbocycles. The number of carbonyl (C=O) groups excluding carboxylic acids is 1. The van der Waals surface area contributed by atoms with Gasteiger partial charge in [-0.05, 0) is 35.9 Å². The van der Waals surface area contributed by atoms with E-state index >= 15 is 0 Å². The average Bonchev–Trinajstić information content (AvgIpc) is 3.20. The molecule has 2 heterocycles. The van der Waals surface area contributed by atoms with Crippen LogP contribution in [0, 0.1) is 5.82 Å². The van der Waals surface area contributed by atoms with Gasteiger partial charge in [0.1, 0.15) is 12.4 Å². The van der Waals surface area contributed by atoms with Gasteiger partial charge in [-0.2, -0.15) is 5.10 Å². The van der Waals surface area contributed by atoms with Crippen molar-refractivity contribution in [3.05, 3.63) is 88.5 Å². The summed E-state index contributed by atoms with van der Waals surface area (Å²) in [5.41, 5.74) is 2.77. The highest BCUT2D eigenvalue weighted by Gasteiger charge is 2.13. The van der Waals surface area contributed by atoms with Gasteiger partial charge in [0.05, 0.1) is 22.1 Å². The van der Waals surface area contributed by atoms with Crippen LogP contribution in [0.3, 0.4) is 0 Å². The number of aromatic nitrogens is 4. The molecule has 0 saturated heterocycles. The summed E-state index contributed by atoms with van der Waals surface area (Å²) < 4.78 is 19.0. The lowest BCUT2D eigenvalue weighted by Gasteiger charge is -2.05. The second kappa shape index (κ2) is 7.95. The van der Waals surface area contributed by atoms with E-state index in [9.17, 15) is 14.0 Å². The predicted octanol–water partition coefficient (Wildman–Crippen LogP) is 4.35. The van der Waals surface area contributed by atoms with Gasteiger partial charge in [0.25, 0.3) is 5.56 Å². The van der Waals surface area contributed by atoms with Crippen LogP contribution in [0.25, 0.3) is 33.1 Å². The Hall–Kier alpha value is -4.53. The summed E-state index contributed by atoms with van der Waals surface area (Å²) >= 11 is 0. The molecular formula is C23H16FN5O3. The van der Waals surface area contributed by atoms with E-state index in [0.29, 0.717) is 33.1 Å². The summed E-state index contributed by atoms with van der Waals surface area (Å²) in [5, 5.41) is 9.85. The number of imidazole rings is 1. The van der Waals surface area contributed by atoms with E-state index in [1.54, 1.807) is 18.2 Å². The Morgan fingerprint density at radius 2 is 1.88 bits per heavy atom. The number of nitrogens with zero attached hydrogens (tertiary/aromatic N) is 2. The fraction of sp³-hybridized carbons (Fsp3) is 0.0435. The normalized spacial score (nSPS) is 11.0. The van der Waals surface area contributed by atoms with Crippen LogP contribution in [0.1, 0.15) is 5.56 Å². The summed E-state index contributed by atoms with van der Waals surface area (Å²) in [6.45, 7) is 0.137. The Morgan fingerprint density at radius 3 is 2.72 bits per heavy atom. The smallest absolute Gasteiger partial charge is 0.414 e. The Balaban J connectivity index is 1.41. The first-order valence-corrected chi connectivity index (χ1v) is 9.72. The quantitative estimate of drug-likeness (QED) is 0.393. The van der Waals surface area contributed by atoms with Gasteiger partial charge in [0, 0.05) is 10.9 Å². The monoisotopic (exact) mass is 429 g/mol. The van der Waals surface area contributed by atoms with Crippen LogP contribution >= 0.6 is 0 Å². The van der Waals surface area contributed by atoms with Crippen molar-refractivity contribution >= 4 is 33.8 Å². The maximum atomic E-state index is 13.8. The van der Waals surface area contributed by atoms with Crippen molar-refractivity contribution in [3.8, 4) is 11.3 Å². The topological polar surface area (TPSA) is 113 Å². The van der Waals surface area contributed by atoms with E-state index in [2.05, 4.69) is 25.5 Å². The van der Waals surface area contributed by atoms with E-state index in [0.717, 1.165) is 5.56 Å². The van der Waals surface area contributed by atoms with E-state index < -0.39 is 17.5 Å². The third-order valence-electron chi connectivity index (χ3n) is 4.94. The van der Waals surface area contributed by atoms with Crippen LogP contribution in [-0.2, 0) is 11.3 Å². The molecule has 1 amide bonds. The summed E-state index contributed by atoms with van der Waals surface area (Å²) in [6.07, 6.45) is -0.642. The minimum atomic E-state index is -0.642. The Bertz CT molecular complexity index is 1510. The van der Waals surface area contributed by atoms with Crippen LogP contribution in [0.5, 0.6) is 0 Å². The highest BCUT2D eigenvalue weighted by molar-refractivity contribution is 5.96. The highest BCUT2D eigenvalue weighted by atomic mass is 19.1. The molecule has 0 saturated carbocycles. The maximum Gasteiger partial charge on any atom is 0.414 e. The van der Waals surface area contributed by atoms with Crippen molar-refractivity contribution in [1.29, 1.82) is 0 Å². The number of nitrogens with one attached hydrogen (secondary N) is 3. The SMILES string of the molecule is O=C(Nc1nc2ccc(-c3n[nH]c(=O)c4ccc(F)cc34)cc2[nH]1)OCc1ccccc1. The molecule has 3 N–H and O–H groups in total. The highest BCUT2D eigenvalue weighted by Crippen LogP contribution is 2.27. The Morgan fingerprint density at radius 1 is 1.03 bits per heavy atom.